The quantitative estimate of drug-likeness (QED) is 0.785. The molecule has 1 aromatic rings. The van der Waals surface area contributed by atoms with Crippen molar-refractivity contribution in [1.82, 2.24) is 9.80 Å². The fourth-order valence-corrected chi connectivity index (χ4v) is 4.84. The fraction of sp³-hybridized carbons (Fsp3) is 0.529. The maximum Gasteiger partial charge on any atom is 0.258 e. The van der Waals surface area contributed by atoms with Crippen LogP contribution in [0.3, 0.4) is 0 Å². The molecule has 4 rings (SSSR count). The van der Waals surface area contributed by atoms with Crippen molar-refractivity contribution in [2.75, 3.05) is 26.8 Å². The molecule has 3 fully saturated rings. The van der Waals surface area contributed by atoms with Crippen LogP contribution in [0.1, 0.15) is 29.6 Å². The minimum atomic E-state index is -0.680. The molecule has 1 spiro atoms. The van der Waals surface area contributed by atoms with Gasteiger partial charge in [-0.05, 0) is 18.6 Å². The summed E-state index contributed by atoms with van der Waals surface area (Å²) >= 11 is 12.2. The molecule has 0 aliphatic carbocycles. The van der Waals surface area contributed by atoms with Crippen LogP contribution in [-0.4, -0.2) is 60.2 Å². The van der Waals surface area contributed by atoms with Crippen molar-refractivity contribution in [1.29, 1.82) is 0 Å². The minimum absolute atomic E-state index is 0.0401. The van der Waals surface area contributed by atoms with Crippen LogP contribution in [0.5, 0.6) is 5.75 Å². The molecule has 3 heterocycles. The second-order valence-corrected chi connectivity index (χ2v) is 7.37. The smallest absolute Gasteiger partial charge is 0.258 e. The molecule has 0 saturated carbocycles. The normalized spacial score (nSPS) is 28.1. The van der Waals surface area contributed by atoms with Gasteiger partial charge in [-0.25, -0.2) is 0 Å². The van der Waals surface area contributed by atoms with Crippen LogP contribution < -0.4 is 4.74 Å². The predicted molar refractivity (Wildman–Crippen MR) is 92.1 cm³/mol. The van der Waals surface area contributed by atoms with E-state index in [9.17, 15) is 9.59 Å². The standard InChI is InChI=1S/C17H18Cl2N2O4/c1-24-15-11(7-10(18)8-12(15)19)16(23)20-5-3-17-13(20)9-14(22)21(17)4-2-6-25-17/h7-8,13H,2-6,9H2,1H3/t13-,17+/m1/s1. The Hall–Kier alpha value is -1.50. The maximum absolute atomic E-state index is 13.2. The highest BCUT2D eigenvalue weighted by Crippen LogP contribution is 2.46. The van der Waals surface area contributed by atoms with Gasteiger partial charge in [0.05, 0.1) is 36.8 Å². The first kappa shape index (κ1) is 16.9. The van der Waals surface area contributed by atoms with Gasteiger partial charge in [-0.1, -0.05) is 23.2 Å². The van der Waals surface area contributed by atoms with Crippen molar-refractivity contribution in [2.24, 2.45) is 0 Å². The molecule has 3 aliphatic rings. The molecule has 0 radical (unpaired) electrons. The third-order valence-electron chi connectivity index (χ3n) is 5.32. The zero-order valence-corrected chi connectivity index (χ0v) is 15.3. The van der Waals surface area contributed by atoms with Gasteiger partial charge in [-0.2, -0.15) is 0 Å². The summed E-state index contributed by atoms with van der Waals surface area (Å²) in [6.45, 7) is 1.80. The summed E-state index contributed by atoms with van der Waals surface area (Å²) in [4.78, 5) is 29.1. The van der Waals surface area contributed by atoms with Crippen LogP contribution in [0, 0.1) is 0 Å². The van der Waals surface area contributed by atoms with Gasteiger partial charge in [0.15, 0.2) is 5.72 Å². The number of hydrogen-bond acceptors (Lipinski definition) is 4. The van der Waals surface area contributed by atoms with E-state index < -0.39 is 5.72 Å². The third-order valence-corrected chi connectivity index (χ3v) is 5.81. The highest BCUT2D eigenvalue weighted by molar-refractivity contribution is 6.36. The Morgan fingerprint density at radius 2 is 2.16 bits per heavy atom. The molecule has 0 N–H and O–H groups in total. The van der Waals surface area contributed by atoms with E-state index in [1.165, 1.54) is 13.2 Å². The summed E-state index contributed by atoms with van der Waals surface area (Å²) in [5.74, 6) is 0.0907. The van der Waals surface area contributed by atoms with Crippen LogP contribution >= 0.6 is 23.2 Å². The maximum atomic E-state index is 13.2. The number of ether oxygens (including phenoxy) is 2. The average molecular weight is 385 g/mol. The van der Waals surface area contributed by atoms with Crippen LogP contribution in [-0.2, 0) is 9.53 Å². The summed E-state index contributed by atoms with van der Waals surface area (Å²) in [6.07, 6.45) is 1.72. The first-order chi connectivity index (χ1) is 12.0. The van der Waals surface area contributed by atoms with Gasteiger partial charge in [0.1, 0.15) is 5.75 Å². The topological polar surface area (TPSA) is 59.1 Å². The van der Waals surface area contributed by atoms with E-state index in [1.54, 1.807) is 15.9 Å². The first-order valence-corrected chi connectivity index (χ1v) is 9.02. The highest BCUT2D eigenvalue weighted by atomic mass is 35.5. The molecule has 8 heteroatoms. The van der Waals surface area contributed by atoms with E-state index in [-0.39, 0.29) is 29.3 Å². The number of carbonyl (C=O) groups excluding carboxylic acids is 2. The molecule has 2 amide bonds. The molecule has 6 nitrogen and oxygen atoms in total. The number of halogens is 2. The lowest BCUT2D eigenvalue weighted by molar-refractivity contribution is -0.179. The highest BCUT2D eigenvalue weighted by Gasteiger charge is 2.61. The molecule has 0 bridgehead atoms. The number of benzene rings is 1. The summed E-state index contributed by atoms with van der Waals surface area (Å²) in [5, 5.41) is 0.645. The molecule has 3 aliphatic heterocycles. The number of nitrogens with zero attached hydrogens (tertiary/aromatic N) is 2. The molecule has 134 valence electrons. The Kier molecular flexibility index (Phi) is 4.09. The van der Waals surface area contributed by atoms with Gasteiger partial charge in [0, 0.05) is 24.5 Å². The lowest BCUT2D eigenvalue weighted by Crippen LogP contribution is -2.56. The van der Waals surface area contributed by atoms with Gasteiger partial charge < -0.3 is 19.3 Å². The van der Waals surface area contributed by atoms with Crippen molar-refractivity contribution in [2.45, 2.75) is 31.0 Å². The molecular weight excluding hydrogens is 367 g/mol. The molecule has 3 saturated heterocycles. The zero-order valence-electron chi connectivity index (χ0n) is 13.8. The van der Waals surface area contributed by atoms with E-state index in [1.807, 2.05) is 0 Å². The second-order valence-electron chi connectivity index (χ2n) is 6.53. The predicted octanol–water partition coefficient (Wildman–Crippen LogP) is 2.57. The first-order valence-electron chi connectivity index (χ1n) is 8.26. The van der Waals surface area contributed by atoms with Crippen molar-refractivity contribution in [3.8, 4) is 5.75 Å². The van der Waals surface area contributed by atoms with E-state index in [2.05, 4.69) is 0 Å². The van der Waals surface area contributed by atoms with Gasteiger partial charge >= 0.3 is 0 Å². The summed E-state index contributed by atoms with van der Waals surface area (Å²) in [5.41, 5.74) is -0.376. The molecule has 25 heavy (non-hydrogen) atoms. The molecule has 2 atom stereocenters. The lowest BCUT2D eigenvalue weighted by atomic mass is 10.0. The van der Waals surface area contributed by atoms with Crippen molar-refractivity contribution >= 4 is 35.0 Å². The van der Waals surface area contributed by atoms with Crippen molar-refractivity contribution < 1.29 is 19.1 Å². The second kappa shape index (κ2) is 6.04. The van der Waals surface area contributed by atoms with Gasteiger partial charge in [0.2, 0.25) is 5.91 Å². The summed E-state index contributed by atoms with van der Waals surface area (Å²) in [6, 6.07) is 2.79. The summed E-state index contributed by atoms with van der Waals surface area (Å²) in [7, 11) is 1.46. The van der Waals surface area contributed by atoms with E-state index in [0.29, 0.717) is 42.5 Å². The Morgan fingerprint density at radius 3 is 2.92 bits per heavy atom. The Morgan fingerprint density at radius 1 is 1.36 bits per heavy atom. The molecular formula is C17H18Cl2N2O4. The monoisotopic (exact) mass is 384 g/mol. The zero-order chi connectivity index (χ0) is 17.8. The number of amides is 2. The van der Waals surface area contributed by atoms with Gasteiger partial charge in [-0.15, -0.1) is 0 Å². The van der Waals surface area contributed by atoms with E-state index in [0.717, 1.165) is 6.42 Å². The van der Waals surface area contributed by atoms with Crippen LogP contribution in [0.2, 0.25) is 10.0 Å². The number of carbonyl (C=O) groups is 2. The van der Waals surface area contributed by atoms with Gasteiger partial charge in [0.25, 0.3) is 5.91 Å². The lowest BCUT2D eigenvalue weighted by Gasteiger charge is -2.42. The number of methoxy groups -OCH3 is 1. The average Bonchev–Trinajstić information content (AvgIpc) is 3.06. The van der Waals surface area contributed by atoms with Crippen LogP contribution in [0.25, 0.3) is 0 Å². The van der Waals surface area contributed by atoms with Gasteiger partial charge in [-0.3, -0.25) is 9.59 Å². The SMILES string of the molecule is COc1c(Cl)cc(Cl)cc1C(=O)N1CC[C@@]23OCCCN2C(=O)C[C@@H]13. The van der Waals surface area contributed by atoms with Crippen molar-refractivity contribution in [3.63, 3.8) is 0 Å². The number of rotatable bonds is 2. The summed E-state index contributed by atoms with van der Waals surface area (Å²) < 4.78 is 11.3. The van der Waals surface area contributed by atoms with E-state index >= 15 is 0 Å². The third kappa shape index (κ3) is 2.42. The number of hydrogen-bond donors (Lipinski definition) is 0. The van der Waals surface area contributed by atoms with Crippen molar-refractivity contribution in [3.05, 3.63) is 27.7 Å². The van der Waals surface area contributed by atoms with Crippen LogP contribution in [0.15, 0.2) is 12.1 Å². The molecule has 0 aromatic heterocycles. The molecule has 0 unspecified atom stereocenters. The fourth-order valence-electron chi connectivity index (χ4n) is 4.27. The van der Waals surface area contributed by atoms with Crippen LogP contribution in [0.4, 0.5) is 0 Å². The minimum Gasteiger partial charge on any atom is -0.494 e. The van der Waals surface area contributed by atoms with E-state index in [4.69, 9.17) is 32.7 Å². The largest absolute Gasteiger partial charge is 0.494 e. The Balaban J connectivity index is 1.70. The molecule has 1 aromatic carbocycles. The Bertz CT molecular complexity index is 756. The Labute approximate surface area is 155 Å². The number of likely N-dealkylation sites (tertiary alicyclic amines) is 1.